The summed E-state index contributed by atoms with van der Waals surface area (Å²) in [5.41, 5.74) is 0.661. The van der Waals surface area contributed by atoms with Crippen molar-refractivity contribution in [2.24, 2.45) is 0 Å². The standard InChI is InChI=1S/C12H19N7O/c1-2-3-13-6-10-9-20-5-4-18(10)12-8-14-7-11-15-16-17-19(11)12/h7-8,10,13H,2-6,9H2,1H3. The molecule has 1 aliphatic heterocycles. The molecule has 0 bridgehead atoms. The van der Waals surface area contributed by atoms with Crippen molar-refractivity contribution in [2.75, 3.05) is 37.7 Å². The van der Waals surface area contributed by atoms with Crippen LogP contribution >= 0.6 is 0 Å². The monoisotopic (exact) mass is 277 g/mol. The lowest BCUT2D eigenvalue weighted by Crippen LogP contribution is -2.51. The molecule has 0 spiro atoms. The molecule has 8 nitrogen and oxygen atoms in total. The van der Waals surface area contributed by atoms with Gasteiger partial charge in [-0.3, -0.25) is 4.98 Å². The van der Waals surface area contributed by atoms with E-state index in [1.165, 1.54) is 0 Å². The Bertz CT molecular complexity index is 557. The summed E-state index contributed by atoms with van der Waals surface area (Å²) in [4.78, 5) is 6.49. The summed E-state index contributed by atoms with van der Waals surface area (Å²) in [6.07, 6.45) is 4.59. The molecule has 8 heteroatoms. The Morgan fingerprint density at radius 3 is 3.30 bits per heavy atom. The first-order valence-electron chi connectivity index (χ1n) is 6.97. The highest BCUT2D eigenvalue weighted by molar-refractivity contribution is 5.47. The lowest BCUT2D eigenvalue weighted by atomic mass is 10.2. The predicted molar refractivity (Wildman–Crippen MR) is 73.7 cm³/mol. The zero-order valence-electron chi connectivity index (χ0n) is 11.6. The minimum absolute atomic E-state index is 0.270. The van der Waals surface area contributed by atoms with E-state index in [0.29, 0.717) is 18.9 Å². The van der Waals surface area contributed by atoms with E-state index >= 15 is 0 Å². The van der Waals surface area contributed by atoms with Gasteiger partial charge in [-0.05, 0) is 23.4 Å². The lowest BCUT2D eigenvalue weighted by Gasteiger charge is -2.36. The van der Waals surface area contributed by atoms with E-state index in [2.05, 4.69) is 37.6 Å². The molecular formula is C12H19N7O. The fourth-order valence-corrected chi connectivity index (χ4v) is 2.43. The molecule has 2 aromatic heterocycles. The van der Waals surface area contributed by atoms with Crippen LogP contribution in [-0.2, 0) is 4.74 Å². The van der Waals surface area contributed by atoms with Gasteiger partial charge in [-0.25, -0.2) is 0 Å². The number of hydrogen-bond acceptors (Lipinski definition) is 7. The molecule has 2 aromatic rings. The van der Waals surface area contributed by atoms with Crippen LogP contribution in [0.25, 0.3) is 5.65 Å². The van der Waals surface area contributed by atoms with Gasteiger partial charge in [0.2, 0.25) is 0 Å². The Hall–Kier alpha value is -1.80. The van der Waals surface area contributed by atoms with Crippen molar-refractivity contribution >= 4 is 11.5 Å². The molecule has 1 fully saturated rings. The molecule has 1 saturated heterocycles. The number of morpholine rings is 1. The third-order valence-electron chi connectivity index (χ3n) is 3.42. The fraction of sp³-hybridized carbons (Fsp3) is 0.667. The zero-order chi connectivity index (χ0) is 13.8. The average molecular weight is 277 g/mol. The Labute approximate surface area is 117 Å². The Morgan fingerprint density at radius 1 is 1.45 bits per heavy atom. The first kappa shape index (κ1) is 13.2. The van der Waals surface area contributed by atoms with Gasteiger partial charge in [-0.2, -0.15) is 4.52 Å². The molecule has 0 radical (unpaired) electrons. The normalized spacial score (nSPS) is 19.6. The highest BCUT2D eigenvalue weighted by Crippen LogP contribution is 2.18. The first-order chi connectivity index (χ1) is 9.90. The van der Waals surface area contributed by atoms with Crippen LogP contribution in [0, 0.1) is 0 Å². The molecular weight excluding hydrogens is 258 g/mol. The number of nitrogens with zero attached hydrogens (tertiary/aromatic N) is 6. The van der Waals surface area contributed by atoms with Crippen molar-refractivity contribution in [3.8, 4) is 0 Å². The molecule has 20 heavy (non-hydrogen) atoms. The number of ether oxygens (including phenoxy) is 1. The summed E-state index contributed by atoms with van der Waals surface area (Å²) in [6, 6.07) is 0.270. The zero-order valence-corrected chi connectivity index (χ0v) is 11.6. The number of aromatic nitrogens is 5. The Morgan fingerprint density at radius 2 is 2.40 bits per heavy atom. The Kier molecular flexibility index (Phi) is 4.03. The van der Waals surface area contributed by atoms with Crippen LogP contribution in [-0.4, -0.2) is 63.9 Å². The van der Waals surface area contributed by atoms with Crippen LogP contribution < -0.4 is 10.2 Å². The van der Waals surface area contributed by atoms with E-state index in [0.717, 1.165) is 31.9 Å². The third kappa shape index (κ3) is 2.56. The average Bonchev–Trinajstić information content (AvgIpc) is 2.96. The number of tetrazole rings is 1. The molecule has 1 N–H and O–H groups in total. The van der Waals surface area contributed by atoms with Crippen LogP contribution in [0.15, 0.2) is 12.4 Å². The summed E-state index contributed by atoms with van der Waals surface area (Å²) in [7, 11) is 0. The molecule has 0 saturated carbocycles. The molecule has 108 valence electrons. The summed E-state index contributed by atoms with van der Waals surface area (Å²) >= 11 is 0. The van der Waals surface area contributed by atoms with Gasteiger partial charge in [0.15, 0.2) is 11.5 Å². The highest BCUT2D eigenvalue weighted by atomic mass is 16.5. The van der Waals surface area contributed by atoms with Gasteiger partial charge in [-0.1, -0.05) is 6.92 Å². The molecule has 0 aliphatic carbocycles. The molecule has 1 aliphatic rings. The van der Waals surface area contributed by atoms with E-state index in [-0.39, 0.29) is 6.04 Å². The third-order valence-corrected chi connectivity index (χ3v) is 3.42. The van der Waals surface area contributed by atoms with Gasteiger partial charge < -0.3 is 15.0 Å². The smallest absolute Gasteiger partial charge is 0.199 e. The van der Waals surface area contributed by atoms with Crippen molar-refractivity contribution in [3.63, 3.8) is 0 Å². The van der Waals surface area contributed by atoms with Crippen LogP contribution in [0.3, 0.4) is 0 Å². The SMILES string of the molecule is CCCNCC1COCCN1c1cncc2nnnn12. The minimum atomic E-state index is 0.270. The maximum atomic E-state index is 5.60. The second kappa shape index (κ2) is 6.10. The van der Waals surface area contributed by atoms with E-state index in [9.17, 15) is 0 Å². The molecule has 1 atom stereocenters. The van der Waals surface area contributed by atoms with Crippen molar-refractivity contribution in [3.05, 3.63) is 12.4 Å². The fourth-order valence-electron chi connectivity index (χ4n) is 2.43. The topological polar surface area (TPSA) is 80.5 Å². The number of rotatable bonds is 5. The maximum absolute atomic E-state index is 5.60. The van der Waals surface area contributed by atoms with Gasteiger partial charge in [0.25, 0.3) is 0 Å². The van der Waals surface area contributed by atoms with Crippen molar-refractivity contribution < 1.29 is 4.74 Å². The van der Waals surface area contributed by atoms with Crippen molar-refractivity contribution in [1.29, 1.82) is 0 Å². The first-order valence-corrected chi connectivity index (χ1v) is 6.97. The van der Waals surface area contributed by atoms with Crippen LogP contribution in [0.1, 0.15) is 13.3 Å². The van der Waals surface area contributed by atoms with Crippen molar-refractivity contribution in [1.82, 2.24) is 30.3 Å². The van der Waals surface area contributed by atoms with E-state index in [1.807, 2.05) is 6.20 Å². The summed E-state index contributed by atoms with van der Waals surface area (Å²) in [5, 5.41) is 15.1. The number of hydrogen-bond donors (Lipinski definition) is 1. The predicted octanol–water partition coefficient (Wildman–Crippen LogP) is -0.276. The van der Waals surface area contributed by atoms with Gasteiger partial charge in [0.1, 0.15) is 0 Å². The van der Waals surface area contributed by atoms with E-state index in [1.54, 1.807) is 10.7 Å². The van der Waals surface area contributed by atoms with E-state index in [4.69, 9.17) is 4.74 Å². The lowest BCUT2D eigenvalue weighted by molar-refractivity contribution is 0.0931. The minimum Gasteiger partial charge on any atom is -0.377 e. The van der Waals surface area contributed by atoms with E-state index < -0.39 is 0 Å². The van der Waals surface area contributed by atoms with Gasteiger partial charge in [0, 0.05) is 13.1 Å². The number of anilines is 1. The van der Waals surface area contributed by atoms with Gasteiger partial charge in [0.05, 0.1) is 31.6 Å². The van der Waals surface area contributed by atoms with Crippen molar-refractivity contribution in [2.45, 2.75) is 19.4 Å². The molecule has 3 rings (SSSR count). The number of nitrogens with one attached hydrogen (secondary N) is 1. The van der Waals surface area contributed by atoms with Gasteiger partial charge >= 0.3 is 0 Å². The largest absolute Gasteiger partial charge is 0.377 e. The Balaban J connectivity index is 1.83. The van der Waals surface area contributed by atoms with Crippen LogP contribution in [0.4, 0.5) is 5.82 Å². The summed E-state index contributed by atoms with van der Waals surface area (Å²) in [6.45, 7) is 6.29. The second-order valence-electron chi connectivity index (χ2n) is 4.84. The molecule has 3 heterocycles. The number of fused-ring (bicyclic) bond motifs is 1. The molecule has 0 aromatic carbocycles. The molecule has 0 amide bonds. The van der Waals surface area contributed by atoms with Crippen LogP contribution in [0.2, 0.25) is 0 Å². The summed E-state index contributed by atoms with van der Waals surface area (Å²) in [5.74, 6) is 0.916. The highest BCUT2D eigenvalue weighted by Gasteiger charge is 2.25. The summed E-state index contributed by atoms with van der Waals surface area (Å²) < 4.78 is 7.32. The quantitative estimate of drug-likeness (QED) is 0.753. The second-order valence-corrected chi connectivity index (χ2v) is 4.84. The molecule has 1 unspecified atom stereocenters. The van der Waals surface area contributed by atoms with Crippen LogP contribution in [0.5, 0.6) is 0 Å². The maximum Gasteiger partial charge on any atom is 0.199 e. The van der Waals surface area contributed by atoms with Gasteiger partial charge in [-0.15, -0.1) is 5.10 Å².